The average Bonchev–Trinajstić information content (AvgIpc) is 2.67. The summed E-state index contributed by atoms with van der Waals surface area (Å²) in [6.07, 6.45) is 3.34. The lowest BCUT2D eigenvalue weighted by atomic mass is 9.85. The van der Waals surface area contributed by atoms with Crippen molar-refractivity contribution in [3.05, 3.63) is 102 Å². The second kappa shape index (κ2) is 8.42. The number of benzene rings is 2. The third kappa shape index (κ3) is 4.05. The molecule has 4 nitrogen and oxygen atoms in total. The van der Waals surface area contributed by atoms with Gasteiger partial charge in [-0.3, -0.25) is 9.78 Å². The number of hydrogen-bond acceptors (Lipinski definition) is 3. The first kappa shape index (κ1) is 18.6. The number of pyridine rings is 1. The van der Waals surface area contributed by atoms with Gasteiger partial charge in [-0.05, 0) is 28.8 Å². The predicted octanol–water partition coefficient (Wildman–Crippen LogP) is 3.06. The fraction of sp³-hybridized carbons (Fsp3) is 0.100. The summed E-state index contributed by atoms with van der Waals surface area (Å²) in [5.41, 5.74) is 0.240. The monoisotopic (exact) mass is 354 g/mol. The van der Waals surface area contributed by atoms with Gasteiger partial charge in [0, 0.05) is 18.9 Å². The topological polar surface area (TPSA) is 62.2 Å². The maximum atomic E-state index is 12.9. The molecule has 5 heteroatoms. The Bertz CT molecular complexity index is 756. The van der Waals surface area contributed by atoms with Crippen LogP contribution in [-0.4, -0.2) is 16.0 Å². The number of halogens is 1. The maximum absolute atomic E-state index is 12.9. The van der Waals surface area contributed by atoms with E-state index in [1.165, 1.54) is 0 Å². The van der Waals surface area contributed by atoms with Crippen molar-refractivity contribution in [1.82, 2.24) is 10.3 Å². The molecule has 0 saturated carbocycles. The van der Waals surface area contributed by atoms with Gasteiger partial charge in [0.1, 0.15) is 0 Å². The molecule has 3 rings (SSSR count). The van der Waals surface area contributed by atoms with Crippen LogP contribution < -0.4 is 5.32 Å². The highest BCUT2D eigenvalue weighted by molar-refractivity contribution is 5.90. The second-order valence-corrected chi connectivity index (χ2v) is 5.48. The van der Waals surface area contributed by atoms with Gasteiger partial charge in [0.05, 0.1) is 0 Å². The summed E-state index contributed by atoms with van der Waals surface area (Å²) in [7, 11) is 0. The molecule has 0 atom stereocenters. The molecule has 0 aliphatic rings. The lowest BCUT2D eigenvalue weighted by molar-refractivity contribution is -0.136. The van der Waals surface area contributed by atoms with E-state index in [1.807, 2.05) is 24.3 Å². The molecule has 2 aromatic carbocycles. The number of carbonyl (C=O) groups excluding carboxylic acids is 1. The molecule has 0 aliphatic carbocycles. The first-order chi connectivity index (χ1) is 11.7. The van der Waals surface area contributed by atoms with E-state index in [0.717, 1.165) is 5.56 Å². The number of amides is 1. The summed E-state index contributed by atoms with van der Waals surface area (Å²) < 4.78 is 0. The SMILES string of the molecule is Cl.O=C(NCc1ccncc1)C(O)(c1ccccc1)c1ccccc1. The molecule has 128 valence electrons. The minimum Gasteiger partial charge on any atom is -0.372 e. The maximum Gasteiger partial charge on any atom is 0.261 e. The summed E-state index contributed by atoms with van der Waals surface area (Å²) in [4.78, 5) is 16.8. The number of nitrogens with one attached hydrogen (secondary N) is 1. The standard InChI is InChI=1S/C20H18N2O2.ClH/c23-19(22-15-16-11-13-21-14-12-16)20(24,17-7-3-1-4-8-17)18-9-5-2-6-10-18;/h1-14,24H,15H2,(H,22,23);1H. The van der Waals surface area contributed by atoms with E-state index in [2.05, 4.69) is 10.3 Å². The number of aromatic nitrogens is 1. The van der Waals surface area contributed by atoms with Gasteiger partial charge in [0.25, 0.3) is 5.91 Å². The normalized spacial score (nSPS) is 10.6. The summed E-state index contributed by atoms with van der Waals surface area (Å²) >= 11 is 0. The summed E-state index contributed by atoms with van der Waals surface area (Å²) in [5.74, 6) is -0.461. The highest BCUT2D eigenvalue weighted by Gasteiger charge is 2.39. The average molecular weight is 355 g/mol. The van der Waals surface area contributed by atoms with Crippen molar-refractivity contribution in [2.24, 2.45) is 0 Å². The summed E-state index contributed by atoms with van der Waals surface area (Å²) in [6.45, 7) is 0.323. The van der Waals surface area contributed by atoms with E-state index in [0.29, 0.717) is 17.7 Å². The number of carbonyl (C=O) groups is 1. The Morgan fingerprint density at radius 2 is 1.36 bits per heavy atom. The Balaban J connectivity index is 0.00000225. The van der Waals surface area contributed by atoms with Crippen LogP contribution in [0.2, 0.25) is 0 Å². The van der Waals surface area contributed by atoms with Gasteiger partial charge in [-0.1, -0.05) is 60.7 Å². The van der Waals surface area contributed by atoms with Crippen molar-refractivity contribution in [3.8, 4) is 0 Å². The Labute approximate surface area is 153 Å². The molecule has 0 unspecified atom stereocenters. The van der Waals surface area contributed by atoms with Crippen LogP contribution in [0.25, 0.3) is 0 Å². The van der Waals surface area contributed by atoms with Crippen LogP contribution in [0.5, 0.6) is 0 Å². The van der Waals surface area contributed by atoms with Crippen molar-refractivity contribution in [2.75, 3.05) is 0 Å². The molecule has 0 fully saturated rings. The fourth-order valence-corrected chi connectivity index (χ4v) is 2.60. The fourth-order valence-electron chi connectivity index (χ4n) is 2.60. The van der Waals surface area contributed by atoms with Gasteiger partial charge in [-0.2, -0.15) is 0 Å². The van der Waals surface area contributed by atoms with E-state index in [1.54, 1.807) is 60.9 Å². The molecule has 3 aromatic rings. The lowest BCUT2D eigenvalue weighted by Crippen LogP contribution is -2.45. The van der Waals surface area contributed by atoms with Crippen LogP contribution in [-0.2, 0) is 16.9 Å². The molecule has 1 amide bonds. The van der Waals surface area contributed by atoms with Crippen molar-refractivity contribution < 1.29 is 9.90 Å². The van der Waals surface area contributed by atoms with Crippen molar-refractivity contribution in [2.45, 2.75) is 12.1 Å². The second-order valence-electron chi connectivity index (χ2n) is 5.48. The Morgan fingerprint density at radius 1 is 0.880 bits per heavy atom. The number of nitrogens with zero attached hydrogens (tertiary/aromatic N) is 1. The number of hydrogen-bond donors (Lipinski definition) is 2. The Hall–Kier alpha value is -2.69. The highest BCUT2D eigenvalue weighted by atomic mass is 35.5. The lowest BCUT2D eigenvalue weighted by Gasteiger charge is -2.28. The Morgan fingerprint density at radius 3 is 1.84 bits per heavy atom. The van der Waals surface area contributed by atoms with E-state index in [9.17, 15) is 9.90 Å². The van der Waals surface area contributed by atoms with Gasteiger partial charge in [-0.15, -0.1) is 12.4 Å². The molecule has 0 aliphatic heterocycles. The summed E-state index contributed by atoms with van der Waals surface area (Å²) in [6, 6.07) is 21.6. The molecular weight excluding hydrogens is 336 g/mol. The highest BCUT2D eigenvalue weighted by Crippen LogP contribution is 2.29. The van der Waals surface area contributed by atoms with Crippen LogP contribution in [0.1, 0.15) is 16.7 Å². The molecule has 0 saturated heterocycles. The van der Waals surface area contributed by atoms with Gasteiger partial charge in [0.2, 0.25) is 0 Å². The molecule has 2 N–H and O–H groups in total. The smallest absolute Gasteiger partial charge is 0.261 e. The zero-order chi connectivity index (χ0) is 16.8. The molecule has 1 aromatic heterocycles. The van der Waals surface area contributed by atoms with Crippen molar-refractivity contribution >= 4 is 18.3 Å². The van der Waals surface area contributed by atoms with Crippen molar-refractivity contribution in [3.63, 3.8) is 0 Å². The Kier molecular flexibility index (Phi) is 6.28. The van der Waals surface area contributed by atoms with E-state index in [4.69, 9.17) is 0 Å². The molecule has 1 heterocycles. The van der Waals surface area contributed by atoms with Gasteiger partial charge >= 0.3 is 0 Å². The van der Waals surface area contributed by atoms with Crippen LogP contribution in [0.3, 0.4) is 0 Å². The molecule has 0 radical (unpaired) electrons. The first-order valence-electron chi connectivity index (χ1n) is 7.72. The van der Waals surface area contributed by atoms with Crippen LogP contribution >= 0.6 is 12.4 Å². The number of aliphatic hydroxyl groups is 1. The van der Waals surface area contributed by atoms with E-state index in [-0.39, 0.29) is 12.4 Å². The molecule has 25 heavy (non-hydrogen) atoms. The minimum atomic E-state index is -1.74. The van der Waals surface area contributed by atoms with E-state index >= 15 is 0 Å². The van der Waals surface area contributed by atoms with Crippen LogP contribution in [0, 0.1) is 0 Å². The predicted molar refractivity (Wildman–Crippen MR) is 99.2 cm³/mol. The largest absolute Gasteiger partial charge is 0.372 e. The minimum absolute atomic E-state index is 0. The third-order valence-corrected chi connectivity index (χ3v) is 3.91. The summed E-state index contributed by atoms with van der Waals surface area (Å²) in [5, 5.41) is 14.1. The van der Waals surface area contributed by atoms with Gasteiger partial charge in [0.15, 0.2) is 5.60 Å². The molecular formula is C20H19ClN2O2. The zero-order valence-corrected chi connectivity index (χ0v) is 14.3. The van der Waals surface area contributed by atoms with Gasteiger partial charge in [-0.25, -0.2) is 0 Å². The first-order valence-corrected chi connectivity index (χ1v) is 7.72. The quantitative estimate of drug-likeness (QED) is 0.740. The van der Waals surface area contributed by atoms with Crippen LogP contribution in [0.4, 0.5) is 0 Å². The number of rotatable bonds is 5. The van der Waals surface area contributed by atoms with Crippen LogP contribution in [0.15, 0.2) is 85.2 Å². The third-order valence-electron chi connectivity index (χ3n) is 3.91. The zero-order valence-electron chi connectivity index (χ0n) is 13.5. The molecule has 0 bridgehead atoms. The van der Waals surface area contributed by atoms with Crippen molar-refractivity contribution in [1.29, 1.82) is 0 Å². The van der Waals surface area contributed by atoms with Gasteiger partial charge < -0.3 is 10.4 Å². The molecule has 0 spiro atoms. The van der Waals surface area contributed by atoms with E-state index < -0.39 is 11.5 Å².